The zero-order chi connectivity index (χ0) is 23.7. The molecule has 1 N–H and O–H groups in total. The van der Waals surface area contributed by atoms with Gasteiger partial charge in [0.2, 0.25) is 5.91 Å². The number of halogens is 3. The summed E-state index contributed by atoms with van der Waals surface area (Å²) in [6.07, 6.45) is -5.86. The quantitative estimate of drug-likeness (QED) is 0.648. The lowest BCUT2D eigenvalue weighted by Crippen LogP contribution is -2.42. The average molecular weight is 475 g/mol. The van der Waals surface area contributed by atoms with Gasteiger partial charge in [0.1, 0.15) is 5.71 Å². The van der Waals surface area contributed by atoms with Gasteiger partial charge in [-0.25, -0.2) is 18.2 Å². The van der Waals surface area contributed by atoms with Crippen molar-refractivity contribution in [2.24, 2.45) is 5.10 Å². The third-order valence-corrected chi connectivity index (χ3v) is 6.71. The van der Waals surface area contributed by atoms with Crippen LogP contribution < -0.4 is 5.32 Å². The molecule has 1 aromatic carbocycles. The van der Waals surface area contributed by atoms with Crippen molar-refractivity contribution in [2.75, 3.05) is 16.8 Å². The third kappa shape index (κ3) is 5.64. The van der Waals surface area contributed by atoms with Gasteiger partial charge in [0.25, 0.3) is 5.91 Å². The molecular weight excluding hydrogens is 455 g/mol. The van der Waals surface area contributed by atoms with Gasteiger partial charge in [-0.15, -0.1) is 0 Å². The molecule has 0 aliphatic carbocycles. The Kier molecular flexibility index (Phi) is 6.58. The minimum Gasteiger partial charge on any atom is -0.448 e. The number of rotatable bonds is 5. The SMILES string of the molecule is C[C@H](OC(=O)C1=NN([C@H]2CCS(=O)(=O)C2)C(=O)CC1)C(=O)Nc1cccc(C(F)(F)F)c1. The molecule has 1 saturated heterocycles. The number of carbonyl (C=O) groups is 3. The molecule has 0 unspecified atom stereocenters. The number of nitrogens with one attached hydrogen (secondary N) is 1. The predicted molar refractivity (Wildman–Crippen MR) is 106 cm³/mol. The van der Waals surface area contributed by atoms with E-state index in [1.54, 1.807) is 0 Å². The molecule has 32 heavy (non-hydrogen) atoms. The van der Waals surface area contributed by atoms with Crippen LogP contribution in [0.25, 0.3) is 0 Å². The van der Waals surface area contributed by atoms with E-state index in [1.807, 2.05) is 0 Å². The molecule has 2 aliphatic rings. The minimum absolute atomic E-state index is 0.0460. The molecule has 1 fully saturated rings. The van der Waals surface area contributed by atoms with E-state index in [0.717, 1.165) is 23.2 Å². The van der Waals surface area contributed by atoms with E-state index in [9.17, 15) is 36.0 Å². The van der Waals surface area contributed by atoms with Crippen LogP contribution in [0.15, 0.2) is 29.4 Å². The Morgan fingerprint density at radius 1 is 1.28 bits per heavy atom. The summed E-state index contributed by atoms with van der Waals surface area (Å²) in [5.74, 6) is -2.58. The molecule has 0 saturated carbocycles. The Hall–Kier alpha value is -2.96. The number of carbonyl (C=O) groups excluding carboxylic acids is 3. The number of ether oxygens (including phenoxy) is 1. The fourth-order valence-electron chi connectivity index (χ4n) is 3.27. The summed E-state index contributed by atoms with van der Waals surface area (Å²) in [4.78, 5) is 36.8. The lowest BCUT2D eigenvalue weighted by Gasteiger charge is -2.27. The van der Waals surface area contributed by atoms with Crippen molar-refractivity contribution in [1.29, 1.82) is 0 Å². The van der Waals surface area contributed by atoms with Crippen molar-refractivity contribution in [3.05, 3.63) is 29.8 Å². The summed E-state index contributed by atoms with van der Waals surface area (Å²) in [6.45, 7) is 1.23. The fourth-order valence-corrected chi connectivity index (χ4v) is 4.96. The monoisotopic (exact) mass is 475 g/mol. The summed E-state index contributed by atoms with van der Waals surface area (Å²) >= 11 is 0. The number of benzene rings is 1. The van der Waals surface area contributed by atoms with Crippen LogP contribution in [-0.2, 0) is 35.1 Å². The van der Waals surface area contributed by atoms with Crippen LogP contribution >= 0.6 is 0 Å². The van der Waals surface area contributed by atoms with E-state index < -0.39 is 51.5 Å². The van der Waals surface area contributed by atoms with E-state index in [4.69, 9.17) is 4.74 Å². The molecule has 2 aliphatic heterocycles. The van der Waals surface area contributed by atoms with Crippen LogP contribution in [0.4, 0.5) is 18.9 Å². The predicted octanol–water partition coefficient (Wildman–Crippen LogP) is 1.74. The number of anilines is 1. The zero-order valence-electron chi connectivity index (χ0n) is 16.9. The Balaban J connectivity index is 1.64. The highest BCUT2D eigenvalue weighted by Gasteiger charge is 2.38. The molecule has 2 atom stereocenters. The van der Waals surface area contributed by atoms with Crippen molar-refractivity contribution >= 4 is 39.0 Å². The van der Waals surface area contributed by atoms with Gasteiger partial charge < -0.3 is 10.1 Å². The number of hydrogen-bond acceptors (Lipinski definition) is 7. The smallest absolute Gasteiger partial charge is 0.416 e. The molecular formula is C19H20F3N3O6S. The van der Waals surface area contributed by atoms with E-state index in [-0.39, 0.29) is 42.2 Å². The third-order valence-electron chi connectivity index (χ3n) is 4.96. The van der Waals surface area contributed by atoms with Crippen LogP contribution in [0.3, 0.4) is 0 Å². The number of hydrogen-bond donors (Lipinski definition) is 1. The molecule has 1 aromatic rings. The van der Waals surface area contributed by atoms with Gasteiger partial charge in [0, 0.05) is 18.5 Å². The molecule has 9 nitrogen and oxygen atoms in total. The van der Waals surface area contributed by atoms with Gasteiger partial charge in [-0.3, -0.25) is 9.59 Å². The Bertz CT molecular complexity index is 1070. The normalized spacial score (nSPS) is 21.6. The second-order valence-corrected chi connectivity index (χ2v) is 9.69. The van der Waals surface area contributed by atoms with Crippen molar-refractivity contribution in [3.8, 4) is 0 Å². The number of hydrazone groups is 1. The highest BCUT2D eigenvalue weighted by molar-refractivity contribution is 7.91. The van der Waals surface area contributed by atoms with Gasteiger partial charge in [-0.2, -0.15) is 18.3 Å². The minimum atomic E-state index is -4.58. The summed E-state index contributed by atoms with van der Waals surface area (Å²) < 4.78 is 66.8. The number of amides is 2. The Labute approximate surface area is 181 Å². The molecule has 174 valence electrons. The maximum atomic E-state index is 12.8. The van der Waals surface area contributed by atoms with Crippen LogP contribution in [0.5, 0.6) is 0 Å². The molecule has 0 bridgehead atoms. The summed E-state index contributed by atoms with van der Waals surface area (Å²) in [6, 6.07) is 3.31. The Morgan fingerprint density at radius 3 is 2.62 bits per heavy atom. The highest BCUT2D eigenvalue weighted by Crippen LogP contribution is 2.30. The summed E-state index contributed by atoms with van der Waals surface area (Å²) in [5, 5.41) is 7.18. The first-order valence-corrected chi connectivity index (χ1v) is 11.5. The molecule has 13 heteroatoms. The van der Waals surface area contributed by atoms with Crippen LogP contribution in [0, 0.1) is 0 Å². The highest BCUT2D eigenvalue weighted by atomic mass is 32.2. The molecule has 0 aromatic heterocycles. The van der Waals surface area contributed by atoms with E-state index in [0.29, 0.717) is 0 Å². The second kappa shape index (κ2) is 8.88. The van der Waals surface area contributed by atoms with Crippen molar-refractivity contribution < 1.29 is 40.7 Å². The van der Waals surface area contributed by atoms with Gasteiger partial charge in [-0.1, -0.05) is 6.07 Å². The maximum absolute atomic E-state index is 12.8. The van der Waals surface area contributed by atoms with Gasteiger partial charge in [0.05, 0.1) is 23.1 Å². The van der Waals surface area contributed by atoms with E-state index in [2.05, 4.69) is 10.4 Å². The number of nitrogens with zero attached hydrogens (tertiary/aromatic N) is 2. The Morgan fingerprint density at radius 2 is 2.00 bits per heavy atom. The molecule has 2 heterocycles. The fraction of sp³-hybridized carbons (Fsp3) is 0.474. The van der Waals surface area contributed by atoms with Crippen LogP contribution in [0.2, 0.25) is 0 Å². The number of alkyl halides is 3. The lowest BCUT2D eigenvalue weighted by molar-refractivity contribution is -0.147. The van der Waals surface area contributed by atoms with Crippen molar-refractivity contribution in [2.45, 2.75) is 44.5 Å². The number of sulfone groups is 1. The largest absolute Gasteiger partial charge is 0.448 e. The van der Waals surface area contributed by atoms with Crippen molar-refractivity contribution in [1.82, 2.24) is 5.01 Å². The molecule has 0 spiro atoms. The standard InChI is InChI=1S/C19H20F3N3O6S/c1-11(17(27)23-13-4-2-3-12(9-13)19(20,21)22)31-18(28)15-5-6-16(26)25(24-15)14-7-8-32(29,30)10-14/h2-4,9,11,14H,5-8,10H2,1H3,(H,23,27)/t11-,14-/m0/s1. The average Bonchev–Trinajstić information content (AvgIpc) is 3.07. The maximum Gasteiger partial charge on any atom is 0.416 e. The molecule has 2 amide bonds. The first kappa shape index (κ1) is 23.7. The first-order chi connectivity index (χ1) is 14.9. The van der Waals surface area contributed by atoms with Gasteiger partial charge in [0.15, 0.2) is 15.9 Å². The molecule has 3 rings (SSSR count). The van der Waals surface area contributed by atoms with E-state index >= 15 is 0 Å². The second-order valence-electron chi connectivity index (χ2n) is 7.46. The topological polar surface area (TPSA) is 122 Å². The molecule has 0 radical (unpaired) electrons. The summed E-state index contributed by atoms with van der Waals surface area (Å²) in [7, 11) is -3.28. The lowest BCUT2D eigenvalue weighted by atomic mass is 10.1. The van der Waals surface area contributed by atoms with Crippen LogP contribution in [-0.4, -0.2) is 60.6 Å². The number of esters is 1. The zero-order valence-corrected chi connectivity index (χ0v) is 17.7. The van der Waals surface area contributed by atoms with Gasteiger partial charge in [-0.05, 0) is 31.5 Å². The van der Waals surface area contributed by atoms with Crippen LogP contribution in [0.1, 0.15) is 31.7 Å². The van der Waals surface area contributed by atoms with Crippen molar-refractivity contribution in [3.63, 3.8) is 0 Å². The van der Waals surface area contributed by atoms with Gasteiger partial charge >= 0.3 is 12.1 Å². The first-order valence-electron chi connectivity index (χ1n) is 9.65. The van der Waals surface area contributed by atoms with E-state index in [1.165, 1.54) is 13.0 Å². The summed E-state index contributed by atoms with van der Waals surface area (Å²) in [5.41, 5.74) is -1.22.